The van der Waals surface area contributed by atoms with Gasteiger partial charge in [-0.15, -0.1) is 0 Å². The highest BCUT2D eigenvalue weighted by Gasteiger charge is 2.10. The monoisotopic (exact) mass is 228 g/mol. The molecule has 0 aliphatic carbocycles. The van der Waals surface area contributed by atoms with Gasteiger partial charge in [-0.05, 0) is 31.0 Å². The van der Waals surface area contributed by atoms with Gasteiger partial charge in [-0.1, -0.05) is 35.9 Å². The molecular weight excluding hydrogens is 215 g/mol. The van der Waals surface area contributed by atoms with Crippen molar-refractivity contribution in [3.05, 3.63) is 58.9 Å². The van der Waals surface area contributed by atoms with Crippen LogP contribution in [0.15, 0.2) is 36.4 Å². The Morgan fingerprint density at radius 2 is 1.82 bits per heavy atom. The number of aldehydes is 1. The van der Waals surface area contributed by atoms with Gasteiger partial charge in [0.1, 0.15) is 5.82 Å². The highest BCUT2D eigenvalue weighted by molar-refractivity contribution is 5.88. The smallest absolute Gasteiger partial charge is 0.150 e. The lowest BCUT2D eigenvalue weighted by Gasteiger charge is -2.08. The Kier molecular flexibility index (Phi) is 3.05. The molecule has 0 spiro atoms. The van der Waals surface area contributed by atoms with Crippen LogP contribution in [0.3, 0.4) is 0 Å². The average Bonchev–Trinajstić information content (AvgIpc) is 2.33. The third kappa shape index (κ3) is 2.11. The van der Waals surface area contributed by atoms with Crippen molar-refractivity contribution >= 4 is 6.29 Å². The standard InChI is InChI=1S/C15H13FO/c1-10-6-7-13(12(8-10)9-17)14-5-3-4-11(2)15(14)16/h3-9H,1-2H3. The molecule has 2 rings (SSSR count). The number of hydrogen-bond acceptors (Lipinski definition) is 1. The maximum Gasteiger partial charge on any atom is 0.150 e. The lowest BCUT2D eigenvalue weighted by molar-refractivity contribution is 0.112. The van der Waals surface area contributed by atoms with E-state index in [4.69, 9.17) is 0 Å². The fourth-order valence-electron chi connectivity index (χ4n) is 1.88. The summed E-state index contributed by atoms with van der Waals surface area (Å²) in [4.78, 5) is 11.0. The second-order valence-electron chi connectivity index (χ2n) is 4.15. The van der Waals surface area contributed by atoms with Crippen molar-refractivity contribution in [2.75, 3.05) is 0 Å². The summed E-state index contributed by atoms with van der Waals surface area (Å²) in [7, 11) is 0. The van der Waals surface area contributed by atoms with Gasteiger partial charge in [0.25, 0.3) is 0 Å². The van der Waals surface area contributed by atoms with E-state index in [1.165, 1.54) is 0 Å². The van der Waals surface area contributed by atoms with E-state index < -0.39 is 0 Å². The van der Waals surface area contributed by atoms with Crippen LogP contribution in [0, 0.1) is 19.7 Å². The van der Waals surface area contributed by atoms with E-state index >= 15 is 0 Å². The van der Waals surface area contributed by atoms with Gasteiger partial charge in [0.2, 0.25) is 0 Å². The van der Waals surface area contributed by atoms with Crippen molar-refractivity contribution in [1.29, 1.82) is 0 Å². The summed E-state index contributed by atoms with van der Waals surface area (Å²) in [5.74, 6) is -0.264. The van der Waals surface area contributed by atoms with Crippen molar-refractivity contribution in [1.82, 2.24) is 0 Å². The topological polar surface area (TPSA) is 17.1 Å². The first kappa shape index (κ1) is 11.5. The Labute approximate surface area is 99.9 Å². The first-order valence-electron chi connectivity index (χ1n) is 5.45. The van der Waals surface area contributed by atoms with Gasteiger partial charge in [0.05, 0.1) is 0 Å². The zero-order valence-corrected chi connectivity index (χ0v) is 9.83. The number of benzene rings is 2. The van der Waals surface area contributed by atoms with Crippen LogP contribution in [0.1, 0.15) is 21.5 Å². The van der Waals surface area contributed by atoms with Crippen LogP contribution in [0.4, 0.5) is 4.39 Å². The van der Waals surface area contributed by atoms with Gasteiger partial charge < -0.3 is 0 Å². The highest BCUT2D eigenvalue weighted by atomic mass is 19.1. The van der Waals surface area contributed by atoms with Crippen LogP contribution < -0.4 is 0 Å². The Hall–Kier alpha value is -1.96. The number of hydrogen-bond donors (Lipinski definition) is 0. The van der Waals surface area contributed by atoms with Crippen LogP contribution in [0.5, 0.6) is 0 Å². The summed E-state index contributed by atoms with van der Waals surface area (Å²) in [6.45, 7) is 3.62. The first-order chi connectivity index (χ1) is 8.13. The first-order valence-corrected chi connectivity index (χ1v) is 5.45. The SMILES string of the molecule is Cc1ccc(-c2cccc(C)c2F)c(C=O)c1. The molecule has 0 aliphatic heterocycles. The van der Waals surface area contributed by atoms with Crippen LogP contribution in [0.25, 0.3) is 11.1 Å². The average molecular weight is 228 g/mol. The zero-order chi connectivity index (χ0) is 12.4. The molecule has 0 radical (unpaired) electrons. The normalized spacial score (nSPS) is 10.3. The van der Waals surface area contributed by atoms with E-state index in [1.807, 2.05) is 13.0 Å². The molecule has 0 aliphatic rings. The van der Waals surface area contributed by atoms with Gasteiger partial charge >= 0.3 is 0 Å². The van der Waals surface area contributed by atoms with E-state index in [0.29, 0.717) is 22.3 Å². The van der Waals surface area contributed by atoms with Crippen molar-refractivity contribution in [2.24, 2.45) is 0 Å². The second kappa shape index (κ2) is 4.50. The van der Waals surface area contributed by atoms with E-state index in [9.17, 15) is 9.18 Å². The minimum atomic E-state index is -0.264. The van der Waals surface area contributed by atoms with Crippen molar-refractivity contribution in [3.8, 4) is 11.1 Å². The van der Waals surface area contributed by atoms with E-state index in [0.717, 1.165) is 11.8 Å². The Bertz CT molecular complexity index is 573. The summed E-state index contributed by atoms with van der Waals surface area (Å²) in [6, 6.07) is 10.6. The van der Waals surface area contributed by atoms with Crippen molar-refractivity contribution < 1.29 is 9.18 Å². The zero-order valence-electron chi connectivity index (χ0n) is 9.83. The molecule has 0 saturated heterocycles. The molecule has 17 heavy (non-hydrogen) atoms. The molecule has 0 aromatic heterocycles. The molecule has 0 atom stereocenters. The Morgan fingerprint density at radius 1 is 1.06 bits per heavy atom. The molecule has 0 heterocycles. The van der Waals surface area contributed by atoms with Gasteiger partial charge in [0, 0.05) is 11.1 Å². The molecular formula is C15H13FO. The molecule has 1 nitrogen and oxygen atoms in total. The van der Waals surface area contributed by atoms with E-state index in [-0.39, 0.29) is 5.82 Å². The Morgan fingerprint density at radius 3 is 2.53 bits per heavy atom. The predicted octanol–water partition coefficient (Wildman–Crippen LogP) is 3.92. The van der Waals surface area contributed by atoms with Crippen molar-refractivity contribution in [2.45, 2.75) is 13.8 Å². The van der Waals surface area contributed by atoms with E-state index in [1.54, 1.807) is 37.3 Å². The van der Waals surface area contributed by atoms with Gasteiger partial charge in [0.15, 0.2) is 6.29 Å². The maximum absolute atomic E-state index is 14.0. The second-order valence-corrected chi connectivity index (χ2v) is 4.15. The number of halogens is 1. The largest absolute Gasteiger partial charge is 0.298 e. The molecule has 0 N–H and O–H groups in total. The third-order valence-electron chi connectivity index (χ3n) is 2.82. The fourth-order valence-corrected chi connectivity index (χ4v) is 1.88. The molecule has 0 amide bonds. The van der Waals surface area contributed by atoms with Gasteiger partial charge in [-0.3, -0.25) is 4.79 Å². The van der Waals surface area contributed by atoms with Crippen molar-refractivity contribution in [3.63, 3.8) is 0 Å². The molecule has 0 saturated carbocycles. The molecule has 86 valence electrons. The van der Waals surface area contributed by atoms with Gasteiger partial charge in [-0.2, -0.15) is 0 Å². The third-order valence-corrected chi connectivity index (χ3v) is 2.82. The minimum Gasteiger partial charge on any atom is -0.298 e. The van der Waals surface area contributed by atoms with Crippen LogP contribution in [-0.4, -0.2) is 6.29 Å². The number of aryl methyl sites for hydroxylation is 2. The summed E-state index contributed by atoms with van der Waals surface area (Å²) in [5.41, 5.74) is 3.22. The Balaban J connectivity index is 2.68. The fraction of sp³-hybridized carbons (Fsp3) is 0.133. The minimum absolute atomic E-state index is 0.264. The van der Waals surface area contributed by atoms with Crippen LogP contribution in [-0.2, 0) is 0 Å². The number of rotatable bonds is 2. The molecule has 0 unspecified atom stereocenters. The maximum atomic E-state index is 14.0. The summed E-state index contributed by atoms with van der Waals surface area (Å²) >= 11 is 0. The highest BCUT2D eigenvalue weighted by Crippen LogP contribution is 2.27. The molecule has 2 heteroatoms. The van der Waals surface area contributed by atoms with Gasteiger partial charge in [-0.25, -0.2) is 4.39 Å². The lowest BCUT2D eigenvalue weighted by Crippen LogP contribution is -1.93. The molecule has 0 bridgehead atoms. The molecule has 0 fully saturated rings. The summed E-state index contributed by atoms with van der Waals surface area (Å²) in [6.07, 6.45) is 0.768. The number of carbonyl (C=O) groups excluding carboxylic acids is 1. The van der Waals surface area contributed by atoms with Crippen LogP contribution >= 0.6 is 0 Å². The lowest BCUT2D eigenvalue weighted by atomic mass is 9.97. The number of carbonyl (C=O) groups is 1. The summed E-state index contributed by atoms with van der Waals surface area (Å²) in [5, 5.41) is 0. The molecule has 2 aromatic rings. The van der Waals surface area contributed by atoms with Crippen LogP contribution in [0.2, 0.25) is 0 Å². The van der Waals surface area contributed by atoms with E-state index in [2.05, 4.69) is 0 Å². The predicted molar refractivity (Wildman–Crippen MR) is 66.7 cm³/mol. The quantitative estimate of drug-likeness (QED) is 0.712. The molecule has 2 aromatic carbocycles. The summed E-state index contributed by atoms with van der Waals surface area (Å²) < 4.78 is 14.0.